The molecule has 1 aromatic heterocycles. The van der Waals surface area contributed by atoms with E-state index in [2.05, 4.69) is 15.5 Å². The molecule has 1 aliphatic carbocycles. The van der Waals surface area contributed by atoms with Crippen LogP contribution >= 0.6 is 11.3 Å². The zero-order valence-electron chi connectivity index (χ0n) is 7.21. The van der Waals surface area contributed by atoms with Crippen LogP contribution in [0.15, 0.2) is 0 Å². The van der Waals surface area contributed by atoms with Crippen LogP contribution in [-0.2, 0) is 6.54 Å². The van der Waals surface area contributed by atoms with Crippen molar-refractivity contribution in [1.82, 2.24) is 15.5 Å². The molecule has 3 nitrogen and oxygen atoms in total. The highest BCUT2D eigenvalue weighted by Crippen LogP contribution is 2.37. The van der Waals surface area contributed by atoms with Gasteiger partial charge >= 0.3 is 0 Å². The molecule has 1 saturated carbocycles. The SMILES string of the molecule is CNCc1nnc(C2CCC2)s1. The average Bonchev–Trinajstić information content (AvgIpc) is 2.34. The molecule has 0 spiro atoms. The quantitative estimate of drug-likeness (QED) is 0.772. The van der Waals surface area contributed by atoms with Crippen LogP contribution in [0.3, 0.4) is 0 Å². The van der Waals surface area contributed by atoms with E-state index in [1.807, 2.05) is 7.05 Å². The minimum atomic E-state index is 0.730. The molecule has 66 valence electrons. The van der Waals surface area contributed by atoms with Crippen molar-refractivity contribution in [3.05, 3.63) is 10.0 Å². The molecular formula is C8H13N3S. The number of aromatic nitrogens is 2. The molecule has 1 aliphatic rings. The molecule has 0 atom stereocenters. The molecule has 0 bridgehead atoms. The van der Waals surface area contributed by atoms with Crippen molar-refractivity contribution in [2.24, 2.45) is 0 Å². The Morgan fingerprint density at radius 1 is 1.50 bits per heavy atom. The summed E-state index contributed by atoms with van der Waals surface area (Å²) < 4.78 is 0. The molecule has 2 rings (SSSR count). The lowest BCUT2D eigenvalue weighted by Gasteiger charge is -2.21. The van der Waals surface area contributed by atoms with Gasteiger partial charge in [0.25, 0.3) is 0 Å². The summed E-state index contributed by atoms with van der Waals surface area (Å²) in [5.74, 6) is 0.730. The van der Waals surface area contributed by atoms with Gasteiger partial charge in [0, 0.05) is 12.5 Å². The molecule has 4 heteroatoms. The maximum Gasteiger partial charge on any atom is 0.131 e. The number of hydrogen-bond donors (Lipinski definition) is 1. The summed E-state index contributed by atoms with van der Waals surface area (Å²) in [6.07, 6.45) is 3.99. The van der Waals surface area contributed by atoms with Gasteiger partial charge in [0.15, 0.2) is 0 Å². The van der Waals surface area contributed by atoms with Crippen LogP contribution in [0.4, 0.5) is 0 Å². The fourth-order valence-electron chi connectivity index (χ4n) is 1.31. The van der Waals surface area contributed by atoms with Crippen molar-refractivity contribution in [1.29, 1.82) is 0 Å². The zero-order valence-corrected chi connectivity index (χ0v) is 8.02. The molecule has 0 amide bonds. The second kappa shape index (κ2) is 3.49. The van der Waals surface area contributed by atoms with Gasteiger partial charge < -0.3 is 5.32 Å². The van der Waals surface area contributed by atoms with Gasteiger partial charge in [0.2, 0.25) is 0 Å². The van der Waals surface area contributed by atoms with Crippen LogP contribution in [0, 0.1) is 0 Å². The summed E-state index contributed by atoms with van der Waals surface area (Å²) in [5.41, 5.74) is 0. The van der Waals surface area contributed by atoms with E-state index in [4.69, 9.17) is 0 Å². The summed E-state index contributed by atoms with van der Waals surface area (Å²) in [6.45, 7) is 0.852. The zero-order chi connectivity index (χ0) is 8.39. The van der Waals surface area contributed by atoms with Crippen molar-refractivity contribution in [3.63, 3.8) is 0 Å². The van der Waals surface area contributed by atoms with Gasteiger partial charge in [0.05, 0.1) is 0 Å². The fourth-order valence-corrected chi connectivity index (χ4v) is 2.33. The number of nitrogens with one attached hydrogen (secondary N) is 1. The predicted molar refractivity (Wildman–Crippen MR) is 49.3 cm³/mol. The van der Waals surface area contributed by atoms with Crippen molar-refractivity contribution in [2.75, 3.05) is 7.05 Å². The molecule has 0 saturated heterocycles. The first kappa shape index (κ1) is 8.13. The number of nitrogens with zero attached hydrogens (tertiary/aromatic N) is 2. The van der Waals surface area contributed by atoms with E-state index in [1.165, 1.54) is 24.3 Å². The van der Waals surface area contributed by atoms with Gasteiger partial charge in [-0.2, -0.15) is 0 Å². The van der Waals surface area contributed by atoms with E-state index in [0.717, 1.165) is 17.5 Å². The Kier molecular flexibility index (Phi) is 2.37. The highest BCUT2D eigenvalue weighted by atomic mass is 32.1. The van der Waals surface area contributed by atoms with E-state index in [9.17, 15) is 0 Å². The third-order valence-electron chi connectivity index (χ3n) is 2.26. The van der Waals surface area contributed by atoms with Gasteiger partial charge in [-0.3, -0.25) is 0 Å². The Bertz CT molecular complexity index is 255. The van der Waals surface area contributed by atoms with Crippen molar-refractivity contribution in [3.8, 4) is 0 Å². The van der Waals surface area contributed by atoms with Crippen molar-refractivity contribution in [2.45, 2.75) is 31.7 Å². The van der Waals surface area contributed by atoms with E-state index in [0.29, 0.717) is 0 Å². The van der Waals surface area contributed by atoms with Crippen LogP contribution in [0.25, 0.3) is 0 Å². The molecule has 12 heavy (non-hydrogen) atoms. The third-order valence-corrected chi connectivity index (χ3v) is 3.35. The standard InChI is InChI=1S/C8H13N3S/c1-9-5-7-10-11-8(12-7)6-3-2-4-6/h6,9H,2-5H2,1H3. The van der Waals surface area contributed by atoms with E-state index >= 15 is 0 Å². The lowest BCUT2D eigenvalue weighted by molar-refractivity contribution is 0.416. The minimum Gasteiger partial charge on any atom is -0.313 e. The summed E-state index contributed by atoms with van der Waals surface area (Å²) in [6, 6.07) is 0. The first-order valence-corrected chi connectivity index (χ1v) is 5.18. The predicted octanol–water partition coefficient (Wildman–Crippen LogP) is 1.52. The van der Waals surface area contributed by atoms with E-state index < -0.39 is 0 Å². The lowest BCUT2D eigenvalue weighted by Crippen LogP contribution is -2.07. The first-order valence-electron chi connectivity index (χ1n) is 4.37. The van der Waals surface area contributed by atoms with Gasteiger partial charge in [-0.05, 0) is 19.9 Å². The lowest BCUT2D eigenvalue weighted by atomic mass is 9.86. The molecule has 1 N–H and O–H groups in total. The third kappa shape index (κ3) is 1.49. The maximum atomic E-state index is 4.19. The van der Waals surface area contributed by atoms with E-state index in [-0.39, 0.29) is 0 Å². The molecule has 1 aromatic rings. The molecular weight excluding hydrogens is 170 g/mol. The Morgan fingerprint density at radius 2 is 2.33 bits per heavy atom. The second-order valence-corrected chi connectivity index (χ2v) is 4.29. The first-order chi connectivity index (χ1) is 5.90. The number of hydrogen-bond acceptors (Lipinski definition) is 4. The van der Waals surface area contributed by atoms with Crippen LogP contribution in [0.5, 0.6) is 0 Å². The topological polar surface area (TPSA) is 37.8 Å². The molecule has 1 heterocycles. The molecule has 0 radical (unpaired) electrons. The number of rotatable bonds is 3. The highest BCUT2D eigenvalue weighted by Gasteiger charge is 2.23. The van der Waals surface area contributed by atoms with E-state index in [1.54, 1.807) is 11.3 Å². The Morgan fingerprint density at radius 3 is 2.92 bits per heavy atom. The van der Waals surface area contributed by atoms with Gasteiger partial charge in [-0.15, -0.1) is 10.2 Å². The maximum absolute atomic E-state index is 4.19. The monoisotopic (exact) mass is 183 g/mol. The fraction of sp³-hybridized carbons (Fsp3) is 0.750. The van der Waals surface area contributed by atoms with Gasteiger partial charge in [-0.25, -0.2) is 0 Å². The summed E-state index contributed by atoms with van der Waals surface area (Å²) >= 11 is 1.76. The summed E-state index contributed by atoms with van der Waals surface area (Å²) in [7, 11) is 1.93. The van der Waals surface area contributed by atoms with Crippen molar-refractivity contribution < 1.29 is 0 Å². The van der Waals surface area contributed by atoms with Crippen LogP contribution in [0.1, 0.15) is 35.2 Å². The smallest absolute Gasteiger partial charge is 0.131 e. The average molecular weight is 183 g/mol. The molecule has 0 unspecified atom stereocenters. The van der Waals surface area contributed by atoms with Gasteiger partial charge in [-0.1, -0.05) is 17.8 Å². The summed E-state index contributed by atoms with van der Waals surface area (Å²) in [5, 5.41) is 13.7. The molecule has 1 fully saturated rings. The van der Waals surface area contributed by atoms with Crippen LogP contribution in [0.2, 0.25) is 0 Å². The van der Waals surface area contributed by atoms with Gasteiger partial charge in [0.1, 0.15) is 10.0 Å². The molecule has 0 aromatic carbocycles. The molecule has 0 aliphatic heterocycles. The second-order valence-electron chi connectivity index (χ2n) is 3.19. The minimum absolute atomic E-state index is 0.730. The van der Waals surface area contributed by atoms with Crippen LogP contribution < -0.4 is 5.32 Å². The van der Waals surface area contributed by atoms with Crippen molar-refractivity contribution >= 4 is 11.3 Å². The Balaban J connectivity index is 2.02. The summed E-state index contributed by atoms with van der Waals surface area (Å²) in [4.78, 5) is 0. The Hall–Kier alpha value is -0.480. The Labute approximate surface area is 76.2 Å². The van der Waals surface area contributed by atoms with Crippen LogP contribution in [-0.4, -0.2) is 17.2 Å². The normalized spacial score (nSPS) is 17.8. The largest absolute Gasteiger partial charge is 0.313 e. The highest BCUT2D eigenvalue weighted by molar-refractivity contribution is 7.11.